The van der Waals surface area contributed by atoms with Crippen molar-refractivity contribution in [1.29, 1.82) is 0 Å². The highest BCUT2D eigenvalue weighted by atomic mass is 19.4. The lowest BCUT2D eigenvalue weighted by molar-refractivity contribution is -0.141. The number of aromatic nitrogens is 2. The van der Waals surface area contributed by atoms with Gasteiger partial charge in [0.25, 0.3) is 0 Å². The molecule has 0 saturated heterocycles. The largest absolute Gasteiger partial charge is 0.433 e. The van der Waals surface area contributed by atoms with Gasteiger partial charge in [0.2, 0.25) is 0 Å². The second kappa shape index (κ2) is 10.6. The summed E-state index contributed by atoms with van der Waals surface area (Å²) in [7, 11) is 0. The van der Waals surface area contributed by atoms with Gasteiger partial charge in [-0.2, -0.15) is 26.3 Å². The Balaban J connectivity index is 1.95. The third kappa shape index (κ3) is 6.22. The summed E-state index contributed by atoms with van der Waals surface area (Å²) in [5, 5.41) is 5.27. The molecule has 1 aliphatic rings. The predicted octanol–water partition coefficient (Wildman–Crippen LogP) is 6.38. The number of rotatable bonds is 6. The maximum atomic E-state index is 14.6. The van der Waals surface area contributed by atoms with Crippen LogP contribution in [-0.4, -0.2) is 22.0 Å². The highest BCUT2D eigenvalue weighted by Crippen LogP contribution is 2.38. The molecule has 202 valence electrons. The molecular weight excluding hydrogens is 517 g/mol. The van der Waals surface area contributed by atoms with Crippen molar-refractivity contribution in [2.24, 2.45) is 0 Å². The van der Waals surface area contributed by atoms with Crippen molar-refractivity contribution < 1.29 is 35.5 Å². The summed E-state index contributed by atoms with van der Waals surface area (Å²) in [5.41, 5.74) is -4.99. The molecule has 0 spiro atoms. The third-order valence-electron chi connectivity index (χ3n) is 6.38. The van der Waals surface area contributed by atoms with E-state index in [1.54, 1.807) is 30.3 Å². The number of hydrogen-bond donors (Lipinski definition) is 2. The number of nitrogens with one attached hydrogen (secondary N) is 2. The van der Waals surface area contributed by atoms with Crippen LogP contribution in [0.4, 0.5) is 35.5 Å². The molecule has 12 heteroatoms. The minimum absolute atomic E-state index is 0.231. The van der Waals surface area contributed by atoms with Gasteiger partial charge in [-0.3, -0.25) is 0 Å². The van der Waals surface area contributed by atoms with Crippen molar-refractivity contribution in [2.45, 2.75) is 56.0 Å². The molecular formula is C26H23F7N4O. The average molecular weight is 540 g/mol. The maximum Gasteiger partial charge on any atom is 0.433 e. The first-order chi connectivity index (χ1) is 17.9. The molecule has 1 saturated carbocycles. The molecule has 1 aliphatic carbocycles. The molecule has 1 heterocycles. The molecule has 2 aromatic carbocycles. The van der Waals surface area contributed by atoms with Crippen LogP contribution in [0.1, 0.15) is 53.9 Å². The molecule has 38 heavy (non-hydrogen) atoms. The van der Waals surface area contributed by atoms with Gasteiger partial charge in [0, 0.05) is 18.7 Å². The van der Waals surface area contributed by atoms with E-state index in [4.69, 9.17) is 0 Å². The number of alkyl halides is 6. The maximum absolute atomic E-state index is 14.6. The van der Waals surface area contributed by atoms with Crippen LogP contribution in [0, 0.1) is 5.82 Å². The van der Waals surface area contributed by atoms with Gasteiger partial charge in [0.15, 0.2) is 5.82 Å². The highest BCUT2D eigenvalue weighted by Gasteiger charge is 2.44. The van der Waals surface area contributed by atoms with Crippen LogP contribution in [0.3, 0.4) is 0 Å². The Labute approximate surface area is 213 Å². The minimum atomic E-state index is -4.98. The topological polar surface area (TPSA) is 66.9 Å². The van der Waals surface area contributed by atoms with Crippen LogP contribution in [0.25, 0.3) is 0 Å². The van der Waals surface area contributed by atoms with Gasteiger partial charge in [-0.1, -0.05) is 43.2 Å². The first-order valence-electron chi connectivity index (χ1n) is 11.8. The van der Waals surface area contributed by atoms with E-state index in [-0.39, 0.29) is 18.5 Å². The van der Waals surface area contributed by atoms with Crippen LogP contribution in [-0.2, 0) is 24.3 Å². The van der Waals surface area contributed by atoms with E-state index in [9.17, 15) is 35.5 Å². The number of carbonyl (C=O) groups excluding carboxylic acids is 1. The SMILES string of the molecule is O=C(NC1CCCC1)N[C@@](Cc1ccccc1)(c1cc(F)cc(C(F)(F)F)c1)c1nccc(C(F)(F)F)n1. The first kappa shape index (κ1) is 27.3. The molecule has 0 radical (unpaired) electrons. The summed E-state index contributed by atoms with van der Waals surface area (Å²) in [6.07, 6.45) is -6.42. The van der Waals surface area contributed by atoms with Crippen LogP contribution >= 0.6 is 0 Å². The monoisotopic (exact) mass is 540 g/mol. The standard InChI is InChI=1S/C26H23F7N4O/c27-19-13-17(12-18(14-19)25(28,29)30)24(15-16-6-2-1-3-7-16,37-23(38)35-20-8-4-5-9-20)22-34-11-10-21(36-22)26(31,32)33/h1-3,6-7,10-14,20H,4-5,8-9,15H2,(H2,35,37,38)/t24-/m0/s1. The minimum Gasteiger partial charge on any atom is -0.335 e. The third-order valence-corrected chi connectivity index (χ3v) is 6.38. The van der Waals surface area contributed by atoms with E-state index in [1.165, 1.54) is 0 Å². The zero-order valence-corrected chi connectivity index (χ0v) is 19.8. The van der Waals surface area contributed by atoms with E-state index in [0.29, 0.717) is 30.5 Å². The Kier molecular flexibility index (Phi) is 7.61. The van der Waals surface area contributed by atoms with Crippen molar-refractivity contribution in [3.8, 4) is 0 Å². The van der Waals surface area contributed by atoms with Crippen LogP contribution in [0.15, 0.2) is 60.8 Å². The summed E-state index contributed by atoms with van der Waals surface area (Å²) >= 11 is 0. The second-order valence-electron chi connectivity index (χ2n) is 9.14. The van der Waals surface area contributed by atoms with Crippen LogP contribution in [0.2, 0.25) is 0 Å². The van der Waals surface area contributed by atoms with E-state index in [1.807, 2.05) is 0 Å². The van der Waals surface area contributed by atoms with Crippen molar-refractivity contribution in [2.75, 3.05) is 0 Å². The van der Waals surface area contributed by atoms with Gasteiger partial charge >= 0.3 is 18.4 Å². The number of amides is 2. The fourth-order valence-electron chi connectivity index (χ4n) is 4.59. The number of nitrogens with zero attached hydrogens (tertiary/aromatic N) is 2. The lowest BCUT2D eigenvalue weighted by Crippen LogP contribution is -2.54. The number of halogens is 7. The fraction of sp³-hybridized carbons (Fsp3) is 0.346. The lowest BCUT2D eigenvalue weighted by Gasteiger charge is -2.35. The fourth-order valence-corrected chi connectivity index (χ4v) is 4.59. The van der Waals surface area contributed by atoms with Crippen molar-refractivity contribution >= 4 is 6.03 Å². The molecule has 3 aromatic rings. The molecule has 0 aliphatic heterocycles. The molecule has 2 N–H and O–H groups in total. The van der Waals surface area contributed by atoms with E-state index in [0.717, 1.165) is 25.1 Å². The Hall–Kier alpha value is -3.70. The smallest absolute Gasteiger partial charge is 0.335 e. The zero-order valence-electron chi connectivity index (χ0n) is 19.8. The van der Waals surface area contributed by atoms with E-state index >= 15 is 0 Å². The predicted molar refractivity (Wildman–Crippen MR) is 123 cm³/mol. The lowest BCUT2D eigenvalue weighted by atomic mass is 9.81. The van der Waals surface area contributed by atoms with Gasteiger partial charge in [-0.15, -0.1) is 0 Å². The van der Waals surface area contributed by atoms with Crippen molar-refractivity contribution in [3.05, 3.63) is 94.8 Å². The van der Waals surface area contributed by atoms with Crippen LogP contribution in [0.5, 0.6) is 0 Å². The Morgan fingerprint density at radius 1 is 0.895 bits per heavy atom. The summed E-state index contributed by atoms with van der Waals surface area (Å²) in [6, 6.07) is 9.13. The van der Waals surface area contributed by atoms with Gasteiger partial charge in [0.1, 0.15) is 17.1 Å². The number of hydrogen-bond acceptors (Lipinski definition) is 3. The molecule has 4 rings (SSSR count). The zero-order chi connectivity index (χ0) is 27.6. The quantitative estimate of drug-likeness (QED) is 0.357. The summed E-state index contributed by atoms with van der Waals surface area (Å²) < 4.78 is 96.5. The average Bonchev–Trinajstić information content (AvgIpc) is 3.36. The molecule has 0 bridgehead atoms. The van der Waals surface area contributed by atoms with Gasteiger partial charge in [0.05, 0.1) is 5.56 Å². The molecule has 1 atom stereocenters. The van der Waals surface area contributed by atoms with Crippen molar-refractivity contribution in [3.63, 3.8) is 0 Å². The van der Waals surface area contributed by atoms with Gasteiger partial charge < -0.3 is 10.6 Å². The first-order valence-corrected chi connectivity index (χ1v) is 11.8. The normalized spacial score (nSPS) is 16.2. The molecule has 1 aromatic heterocycles. The summed E-state index contributed by atoms with van der Waals surface area (Å²) in [4.78, 5) is 20.7. The molecule has 0 unspecified atom stereocenters. The molecule has 1 fully saturated rings. The Morgan fingerprint density at radius 3 is 2.18 bits per heavy atom. The Bertz CT molecular complexity index is 1270. The number of carbonyl (C=O) groups is 1. The second-order valence-corrected chi connectivity index (χ2v) is 9.14. The van der Waals surface area contributed by atoms with E-state index < -0.39 is 52.4 Å². The molecule has 2 amide bonds. The van der Waals surface area contributed by atoms with E-state index in [2.05, 4.69) is 20.6 Å². The highest BCUT2D eigenvalue weighted by molar-refractivity contribution is 5.76. The molecule has 5 nitrogen and oxygen atoms in total. The van der Waals surface area contributed by atoms with Gasteiger partial charge in [-0.25, -0.2) is 19.2 Å². The van der Waals surface area contributed by atoms with Crippen LogP contribution < -0.4 is 10.6 Å². The summed E-state index contributed by atoms with van der Waals surface area (Å²) in [5.74, 6) is -1.94. The summed E-state index contributed by atoms with van der Waals surface area (Å²) in [6.45, 7) is 0. The van der Waals surface area contributed by atoms with Gasteiger partial charge in [-0.05, 0) is 48.2 Å². The Morgan fingerprint density at radius 2 is 1.55 bits per heavy atom. The van der Waals surface area contributed by atoms with Crippen molar-refractivity contribution in [1.82, 2.24) is 20.6 Å². The number of urea groups is 1. The number of benzene rings is 2.